The molecule has 0 unspecified atom stereocenters. The number of amides is 1. The first-order valence-electron chi connectivity index (χ1n) is 7.00. The van der Waals surface area contributed by atoms with E-state index in [4.69, 9.17) is 4.74 Å². The third-order valence-electron chi connectivity index (χ3n) is 3.90. The quantitative estimate of drug-likeness (QED) is 0.914. The summed E-state index contributed by atoms with van der Waals surface area (Å²) >= 11 is 0. The molecule has 3 rings (SSSR count). The second-order valence-electron chi connectivity index (χ2n) is 5.27. The van der Waals surface area contributed by atoms with Gasteiger partial charge in [0, 0.05) is 12.0 Å². The van der Waals surface area contributed by atoms with Gasteiger partial charge in [-0.05, 0) is 29.3 Å². The van der Waals surface area contributed by atoms with Crippen molar-refractivity contribution in [2.75, 3.05) is 7.11 Å². The fourth-order valence-corrected chi connectivity index (χ4v) is 2.77. The largest absolute Gasteiger partial charge is 0.494 e. The molecule has 1 aliphatic rings. The summed E-state index contributed by atoms with van der Waals surface area (Å²) in [6.45, 7) is 0. The molecule has 2 atom stereocenters. The Balaban J connectivity index is 1.83. The second-order valence-corrected chi connectivity index (χ2v) is 5.27. The van der Waals surface area contributed by atoms with Crippen molar-refractivity contribution >= 4 is 5.91 Å². The number of methoxy groups -OCH3 is 1. The molecule has 0 saturated heterocycles. The van der Waals surface area contributed by atoms with Crippen LogP contribution in [0.3, 0.4) is 0 Å². The van der Waals surface area contributed by atoms with Crippen molar-refractivity contribution in [2.24, 2.45) is 0 Å². The number of rotatable bonds is 3. The number of carbonyl (C=O) groups excluding carboxylic acids is 1. The summed E-state index contributed by atoms with van der Waals surface area (Å²) in [4.78, 5) is 12.3. The van der Waals surface area contributed by atoms with Gasteiger partial charge in [0.05, 0.1) is 19.3 Å². The smallest absolute Gasteiger partial charge is 0.251 e. The van der Waals surface area contributed by atoms with Crippen molar-refractivity contribution in [3.05, 3.63) is 65.0 Å². The summed E-state index contributed by atoms with van der Waals surface area (Å²) in [5, 5.41) is 13.0. The van der Waals surface area contributed by atoms with Gasteiger partial charge in [0.2, 0.25) is 0 Å². The molecule has 0 saturated carbocycles. The van der Waals surface area contributed by atoms with Gasteiger partial charge in [-0.2, -0.15) is 0 Å². The number of halogens is 1. The molecule has 114 valence electrons. The number of aliphatic hydroxyl groups excluding tert-OH is 1. The number of nitrogens with one attached hydrogen (secondary N) is 1. The molecule has 0 heterocycles. The van der Waals surface area contributed by atoms with Gasteiger partial charge in [-0.1, -0.05) is 24.3 Å². The molecule has 2 aromatic rings. The number of hydrogen-bond acceptors (Lipinski definition) is 3. The number of ether oxygens (including phenoxy) is 1. The van der Waals surface area contributed by atoms with E-state index in [1.807, 2.05) is 24.3 Å². The van der Waals surface area contributed by atoms with Crippen molar-refractivity contribution in [1.82, 2.24) is 5.32 Å². The molecule has 4 nitrogen and oxygen atoms in total. The third kappa shape index (κ3) is 2.55. The van der Waals surface area contributed by atoms with E-state index in [-0.39, 0.29) is 17.2 Å². The van der Waals surface area contributed by atoms with E-state index < -0.39 is 18.0 Å². The number of hydrogen-bond donors (Lipinski definition) is 2. The zero-order chi connectivity index (χ0) is 15.7. The standard InChI is InChI=1S/C17H16FNO3/c1-22-15-9-11(6-7-13(15)18)17(21)19-16-12-5-3-2-4-10(12)8-14(16)20/h2-7,9,14,16,20H,8H2,1H3,(H,19,21)/t14-,16+/m1/s1. The third-order valence-corrected chi connectivity index (χ3v) is 3.90. The summed E-state index contributed by atoms with van der Waals surface area (Å²) in [6.07, 6.45) is -0.155. The van der Waals surface area contributed by atoms with E-state index in [1.165, 1.54) is 25.3 Å². The predicted octanol–water partition coefficient (Wildman–Crippen LogP) is 2.22. The van der Waals surface area contributed by atoms with E-state index in [0.29, 0.717) is 6.42 Å². The zero-order valence-corrected chi connectivity index (χ0v) is 12.0. The molecule has 5 heteroatoms. The Hall–Kier alpha value is -2.40. The molecule has 1 amide bonds. The van der Waals surface area contributed by atoms with E-state index in [1.54, 1.807) is 0 Å². The molecule has 2 aromatic carbocycles. The highest BCUT2D eigenvalue weighted by Gasteiger charge is 2.32. The molecular formula is C17H16FNO3. The van der Waals surface area contributed by atoms with Crippen LogP contribution in [0, 0.1) is 5.82 Å². The molecule has 0 fully saturated rings. The molecule has 2 N–H and O–H groups in total. The lowest BCUT2D eigenvalue weighted by Gasteiger charge is -2.18. The Morgan fingerprint density at radius 1 is 1.32 bits per heavy atom. The Bertz CT molecular complexity index is 717. The lowest BCUT2D eigenvalue weighted by atomic mass is 10.1. The molecule has 0 aliphatic heterocycles. The first-order chi connectivity index (χ1) is 10.6. The highest BCUT2D eigenvalue weighted by Crippen LogP contribution is 2.31. The lowest BCUT2D eigenvalue weighted by Crippen LogP contribution is -2.33. The molecule has 0 aromatic heterocycles. The van der Waals surface area contributed by atoms with E-state index >= 15 is 0 Å². The van der Waals surface area contributed by atoms with Crippen molar-refractivity contribution in [3.63, 3.8) is 0 Å². The summed E-state index contributed by atoms with van der Waals surface area (Å²) in [5.41, 5.74) is 2.23. The van der Waals surface area contributed by atoms with Gasteiger partial charge in [0.15, 0.2) is 11.6 Å². The Morgan fingerprint density at radius 3 is 2.86 bits per heavy atom. The van der Waals surface area contributed by atoms with Crippen molar-refractivity contribution in [1.29, 1.82) is 0 Å². The number of fused-ring (bicyclic) bond motifs is 1. The van der Waals surface area contributed by atoms with Crippen molar-refractivity contribution < 1.29 is 19.0 Å². The topological polar surface area (TPSA) is 58.6 Å². The van der Waals surface area contributed by atoms with Crippen LogP contribution in [-0.4, -0.2) is 24.2 Å². The van der Waals surface area contributed by atoms with Gasteiger partial charge in [-0.3, -0.25) is 4.79 Å². The minimum Gasteiger partial charge on any atom is -0.494 e. The SMILES string of the molecule is COc1cc(C(=O)N[C@H]2c3ccccc3C[C@H]2O)ccc1F. The Labute approximate surface area is 127 Å². The van der Waals surface area contributed by atoms with Crippen LogP contribution in [0.5, 0.6) is 5.75 Å². The number of aliphatic hydroxyl groups is 1. The maximum atomic E-state index is 13.4. The van der Waals surface area contributed by atoms with Crippen LogP contribution in [0.25, 0.3) is 0 Å². The monoisotopic (exact) mass is 301 g/mol. The van der Waals surface area contributed by atoms with E-state index in [2.05, 4.69) is 5.32 Å². The van der Waals surface area contributed by atoms with Gasteiger partial charge in [0.25, 0.3) is 5.91 Å². The fraction of sp³-hybridized carbons (Fsp3) is 0.235. The minimum atomic E-state index is -0.663. The van der Waals surface area contributed by atoms with Crippen LogP contribution >= 0.6 is 0 Å². The van der Waals surface area contributed by atoms with Gasteiger partial charge in [0.1, 0.15) is 0 Å². The summed E-state index contributed by atoms with van der Waals surface area (Å²) < 4.78 is 18.3. The molecule has 1 aliphatic carbocycles. The molecular weight excluding hydrogens is 285 g/mol. The van der Waals surface area contributed by atoms with Crippen LogP contribution in [0.15, 0.2) is 42.5 Å². The average molecular weight is 301 g/mol. The van der Waals surface area contributed by atoms with Crippen molar-refractivity contribution in [2.45, 2.75) is 18.6 Å². The normalized spacial score (nSPS) is 19.6. The highest BCUT2D eigenvalue weighted by atomic mass is 19.1. The summed E-state index contributed by atoms with van der Waals surface area (Å²) in [7, 11) is 1.34. The number of carbonyl (C=O) groups is 1. The van der Waals surface area contributed by atoms with Crippen LogP contribution in [0.2, 0.25) is 0 Å². The predicted molar refractivity (Wildman–Crippen MR) is 79.3 cm³/mol. The van der Waals surface area contributed by atoms with E-state index in [9.17, 15) is 14.3 Å². The molecule has 0 spiro atoms. The van der Waals surface area contributed by atoms with Gasteiger partial charge in [-0.25, -0.2) is 4.39 Å². The highest BCUT2D eigenvalue weighted by molar-refractivity contribution is 5.95. The van der Waals surface area contributed by atoms with Gasteiger partial charge in [-0.15, -0.1) is 0 Å². The second kappa shape index (κ2) is 5.77. The molecule has 22 heavy (non-hydrogen) atoms. The fourth-order valence-electron chi connectivity index (χ4n) is 2.77. The van der Waals surface area contributed by atoms with Gasteiger partial charge >= 0.3 is 0 Å². The maximum Gasteiger partial charge on any atom is 0.251 e. The first-order valence-corrected chi connectivity index (χ1v) is 7.00. The summed E-state index contributed by atoms with van der Waals surface area (Å²) in [6, 6.07) is 11.1. The summed E-state index contributed by atoms with van der Waals surface area (Å²) in [5.74, 6) is -0.885. The van der Waals surface area contributed by atoms with Crippen LogP contribution in [0.1, 0.15) is 27.5 Å². The zero-order valence-electron chi connectivity index (χ0n) is 12.0. The molecule has 0 bridgehead atoms. The lowest BCUT2D eigenvalue weighted by molar-refractivity contribution is 0.0858. The average Bonchev–Trinajstić information content (AvgIpc) is 2.84. The van der Waals surface area contributed by atoms with Crippen molar-refractivity contribution in [3.8, 4) is 5.75 Å². The van der Waals surface area contributed by atoms with Gasteiger partial charge < -0.3 is 15.2 Å². The molecule has 0 radical (unpaired) electrons. The number of benzene rings is 2. The Kier molecular flexibility index (Phi) is 3.81. The van der Waals surface area contributed by atoms with Crippen LogP contribution in [-0.2, 0) is 6.42 Å². The van der Waals surface area contributed by atoms with Crippen LogP contribution in [0.4, 0.5) is 4.39 Å². The maximum absolute atomic E-state index is 13.4. The van der Waals surface area contributed by atoms with E-state index in [0.717, 1.165) is 11.1 Å². The minimum absolute atomic E-state index is 0.0139. The first kappa shape index (κ1) is 14.5. The van der Waals surface area contributed by atoms with Crippen LogP contribution < -0.4 is 10.1 Å². The Morgan fingerprint density at radius 2 is 2.09 bits per heavy atom.